The molecule has 0 bridgehead atoms. The second-order valence-corrected chi connectivity index (χ2v) is 9.20. The van der Waals surface area contributed by atoms with E-state index < -0.39 is 27.1 Å². The van der Waals surface area contributed by atoms with Crippen molar-refractivity contribution in [2.24, 2.45) is 0 Å². The molecule has 0 fully saturated rings. The van der Waals surface area contributed by atoms with Gasteiger partial charge in [0, 0.05) is 25.7 Å². The van der Waals surface area contributed by atoms with E-state index in [1.54, 1.807) is 0 Å². The van der Waals surface area contributed by atoms with Crippen molar-refractivity contribution < 1.29 is 38.1 Å². The Balaban J connectivity index is 3.59. The summed E-state index contributed by atoms with van der Waals surface area (Å²) in [5, 5.41) is 0. The van der Waals surface area contributed by atoms with Crippen LogP contribution in [0.4, 0.5) is 0 Å². The maximum Gasteiger partial charge on any atom is 0.326 e. The van der Waals surface area contributed by atoms with Crippen molar-refractivity contribution in [2.75, 3.05) is 25.6 Å². The standard InChI is InChI=1S/C11H22O8P2/c1-20(14,15)8-6-11(13)19-7-3-2-4-10(12)5-9-21(16,17)18/h2-9H2,1H3,(H,14,15)(H2,16,17,18). The molecule has 1 atom stereocenters. The smallest absolute Gasteiger partial charge is 0.326 e. The van der Waals surface area contributed by atoms with Crippen molar-refractivity contribution in [1.29, 1.82) is 0 Å². The van der Waals surface area contributed by atoms with Crippen LogP contribution in [0.2, 0.25) is 0 Å². The Kier molecular flexibility index (Phi) is 9.25. The van der Waals surface area contributed by atoms with Crippen LogP contribution in [-0.4, -0.2) is 52.0 Å². The van der Waals surface area contributed by atoms with E-state index in [2.05, 4.69) is 0 Å². The van der Waals surface area contributed by atoms with Crippen LogP contribution in [0.25, 0.3) is 0 Å². The van der Waals surface area contributed by atoms with Crippen molar-refractivity contribution in [1.82, 2.24) is 0 Å². The van der Waals surface area contributed by atoms with Crippen molar-refractivity contribution in [3.63, 3.8) is 0 Å². The Labute approximate surface area is 123 Å². The molecule has 0 amide bonds. The van der Waals surface area contributed by atoms with E-state index in [0.29, 0.717) is 12.8 Å². The van der Waals surface area contributed by atoms with Crippen LogP contribution >= 0.6 is 15.0 Å². The zero-order chi connectivity index (χ0) is 16.5. The van der Waals surface area contributed by atoms with Gasteiger partial charge in [0.25, 0.3) is 0 Å². The highest BCUT2D eigenvalue weighted by Crippen LogP contribution is 2.35. The molecule has 0 rings (SSSR count). The highest BCUT2D eigenvalue weighted by Gasteiger charge is 2.15. The molecule has 1 unspecified atom stereocenters. The fraction of sp³-hybridized carbons (Fsp3) is 0.818. The molecule has 124 valence electrons. The van der Waals surface area contributed by atoms with Gasteiger partial charge >= 0.3 is 13.6 Å². The zero-order valence-electron chi connectivity index (χ0n) is 11.9. The van der Waals surface area contributed by atoms with Crippen LogP contribution in [0, 0.1) is 0 Å². The van der Waals surface area contributed by atoms with Gasteiger partial charge in [0.05, 0.1) is 19.2 Å². The lowest BCUT2D eigenvalue weighted by Gasteiger charge is -2.06. The zero-order valence-corrected chi connectivity index (χ0v) is 13.7. The van der Waals surface area contributed by atoms with Gasteiger partial charge in [0.2, 0.25) is 0 Å². The molecular formula is C11H22O8P2. The number of esters is 1. The number of rotatable bonds is 11. The summed E-state index contributed by atoms with van der Waals surface area (Å²) in [5.74, 6) is -0.796. The SMILES string of the molecule is CP(=O)(O)CCC(=O)OCCCCC(=O)CCP(=O)(O)O. The van der Waals surface area contributed by atoms with E-state index in [1.165, 1.54) is 6.66 Å². The van der Waals surface area contributed by atoms with E-state index in [4.69, 9.17) is 19.4 Å². The normalized spacial score (nSPS) is 14.5. The Hall–Kier alpha value is -0.520. The second kappa shape index (κ2) is 9.49. The van der Waals surface area contributed by atoms with Gasteiger partial charge in [-0.15, -0.1) is 0 Å². The maximum absolute atomic E-state index is 11.3. The van der Waals surface area contributed by atoms with E-state index in [1.807, 2.05) is 0 Å². The van der Waals surface area contributed by atoms with Gasteiger partial charge in [-0.3, -0.25) is 18.7 Å². The number of carbonyl (C=O) groups is 2. The molecule has 0 spiro atoms. The van der Waals surface area contributed by atoms with Gasteiger partial charge in [0.1, 0.15) is 5.78 Å². The minimum atomic E-state index is -4.13. The lowest BCUT2D eigenvalue weighted by Crippen LogP contribution is -2.08. The van der Waals surface area contributed by atoms with Crippen molar-refractivity contribution >= 4 is 26.7 Å². The predicted molar refractivity (Wildman–Crippen MR) is 76.6 cm³/mol. The van der Waals surface area contributed by atoms with Crippen molar-refractivity contribution in [3.8, 4) is 0 Å². The molecule has 0 aliphatic rings. The molecule has 10 heteroatoms. The average molecular weight is 344 g/mol. The van der Waals surface area contributed by atoms with Gasteiger partial charge in [-0.25, -0.2) is 0 Å². The Morgan fingerprint density at radius 1 is 0.952 bits per heavy atom. The molecule has 0 saturated carbocycles. The molecule has 0 radical (unpaired) electrons. The number of unbranched alkanes of at least 4 members (excludes halogenated alkanes) is 1. The first-order chi connectivity index (χ1) is 9.49. The van der Waals surface area contributed by atoms with Crippen LogP contribution in [0.15, 0.2) is 0 Å². The van der Waals surface area contributed by atoms with E-state index in [9.17, 15) is 18.7 Å². The number of hydrogen-bond acceptors (Lipinski definition) is 5. The number of ether oxygens (including phenoxy) is 1. The van der Waals surface area contributed by atoms with Crippen LogP contribution in [0.3, 0.4) is 0 Å². The van der Waals surface area contributed by atoms with Gasteiger partial charge in [-0.1, -0.05) is 0 Å². The minimum absolute atomic E-state index is 0.115. The number of Topliss-reactive ketones (excluding diaryl/α,β-unsaturated/α-hetero) is 1. The lowest BCUT2D eigenvalue weighted by molar-refractivity contribution is -0.143. The molecule has 3 N–H and O–H groups in total. The minimum Gasteiger partial charge on any atom is -0.466 e. The van der Waals surface area contributed by atoms with Gasteiger partial charge in [-0.2, -0.15) is 0 Å². The van der Waals surface area contributed by atoms with E-state index >= 15 is 0 Å². The quantitative estimate of drug-likeness (QED) is 0.288. The van der Waals surface area contributed by atoms with E-state index in [-0.39, 0.29) is 37.8 Å². The second-order valence-electron chi connectivity index (χ2n) is 4.88. The maximum atomic E-state index is 11.3. The lowest BCUT2D eigenvalue weighted by atomic mass is 10.1. The summed E-state index contributed by atoms with van der Waals surface area (Å²) >= 11 is 0. The summed E-state index contributed by atoms with van der Waals surface area (Å²) < 4.78 is 26.3. The van der Waals surface area contributed by atoms with Crippen molar-refractivity contribution in [3.05, 3.63) is 0 Å². The molecule has 0 aromatic rings. The predicted octanol–water partition coefficient (Wildman–Crippen LogP) is 1.13. The monoisotopic (exact) mass is 344 g/mol. The number of ketones is 1. The third kappa shape index (κ3) is 15.7. The third-order valence-electron chi connectivity index (χ3n) is 2.53. The summed E-state index contributed by atoms with van der Waals surface area (Å²) in [5.41, 5.74) is 0. The first kappa shape index (κ1) is 20.5. The molecular weight excluding hydrogens is 322 g/mol. The van der Waals surface area contributed by atoms with Gasteiger partial charge in [-0.05, 0) is 12.8 Å². The topological polar surface area (TPSA) is 138 Å². The van der Waals surface area contributed by atoms with Crippen LogP contribution < -0.4 is 0 Å². The molecule has 0 aliphatic heterocycles. The number of carbonyl (C=O) groups excluding carboxylic acids is 2. The van der Waals surface area contributed by atoms with Crippen LogP contribution in [0.5, 0.6) is 0 Å². The van der Waals surface area contributed by atoms with Gasteiger partial charge < -0.3 is 19.4 Å². The van der Waals surface area contributed by atoms with Crippen LogP contribution in [0.1, 0.15) is 32.1 Å². The highest BCUT2D eigenvalue weighted by molar-refractivity contribution is 7.57. The largest absolute Gasteiger partial charge is 0.466 e. The number of hydrogen-bond donors (Lipinski definition) is 3. The highest BCUT2D eigenvalue weighted by atomic mass is 31.2. The molecule has 0 saturated heterocycles. The first-order valence-corrected chi connectivity index (χ1v) is 10.6. The molecule has 0 heterocycles. The molecule has 8 nitrogen and oxygen atoms in total. The Morgan fingerprint density at radius 2 is 1.57 bits per heavy atom. The molecule has 0 aliphatic carbocycles. The molecule has 0 aromatic carbocycles. The fourth-order valence-corrected chi connectivity index (χ4v) is 2.51. The fourth-order valence-electron chi connectivity index (χ4n) is 1.38. The average Bonchev–Trinajstić information content (AvgIpc) is 2.32. The summed E-state index contributed by atoms with van der Waals surface area (Å²) in [6.45, 7) is 1.29. The first-order valence-electron chi connectivity index (χ1n) is 6.51. The summed E-state index contributed by atoms with van der Waals surface area (Å²) in [7, 11) is -7.34. The summed E-state index contributed by atoms with van der Waals surface area (Å²) in [6, 6.07) is 0. The van der Waals surface area contributed by atoms with Gasteiger partial charge in [0.15, 0.2) is 7.37 Å². The Bertz CT molecular complexity index is 396. The Morgan fingerprint density at radius 3 is 2.10 bits per heavy atom. The summed E-state index contributed by atoms with van der Waals surface area (Å²) in [6.07, 6.45) is 0.248. The molecule has 21 heavy (non-hydrogen) atoms. The van der Waals surface area contributed by atoms with Crippen molar-refractivity contribution in [2.45, 2.75) is 32.1 Å². The third-order valence-corrected chi connectivity index (χ3v) is 4.39. The molecule has 0 aromatic heterocycles. The van der Waals surface area contributed by atoms with E-state index in [0.717, 1.165) is 0 Å². The van der Waals surface area contributed by atoms with Crippen LogP contribution in [-0.2, 0) is 23.5 Å². The summed E-state index contributed by atoms with van der Waals surface area (Å²) in [4.78, 5) is 48.7.